The van der Waals surface area contributed by atoms with Crippen LogP contribution >= 0.6 is 0 Å². The van der Waals surface area contributed by atoms with Crippen LogP contribution in [0, 0.1) is 5.92 Å². The van der Waals surface area contributed by atoms with E-state index in [-0.39, 0.29) is 35.0 Å². The van der Waals surface area contributed by atoms with Crippen LogP contribution in [0.1, 0.15) is 67.4 Å². The molecule has 11 heteroatoms. The van der Waals surface area contributed by atoms with Crippen LogP contribution in [-0.4, -0.2) is 46.1 Å². The number of benzene rings is 1. The van der Waals surface area contributed by atoms with Gasteiger partial charge in [-0.25, -0.2) is 0 Å². The number of aromatic nitrogens is 3. The highest BCUT2D eigenvalue weighted by molar-refractivity contribution is 7.85. The zero-order chi connectivity index (χ0) is 25.4. The Kier molecular flexibility index (Phi) is 6.60. The third kappa shape index (κ3) is 5.31. The zero-order valence-corrected chi connectivity index (χ0v) is 20.9. The van der Waals surface area contributed by atoms with Crippen molar-refractivity contribution in [2.45, 2.75) is 57.0 Å². The molecule has 5 rings (SSSR count). The molecule has 0 spiro atoms. The topological polar surface area (TPSA) is 133 Å². The van der Waals surface area contributed by atoms with Crippen LogP contribution in [0.15, 0.2) is 41.5 Å². The van der Waals surface area contributed by atoms with Crippen LogP contribution in [0.3, 0.4) is 0 Å². The van der Waals surface area contributed by atoms with Gasteiger partial charge in [0, 0.05) is 29.9 Å². The quantitative estimate of drug-likeness (QED) is 0.437. The molecule has 0 atom stereocenters. The van der Waals surface area contributed by atoms with Gasteiger partial charge in [0.2, 0.25) is 0 Å². The van der Waals surface area contributed by atoms with E-state index in [2.05, 4.69) is 5.32 Å². The summed E-state index contributed by atoms with van der Waals surface area (Å²) in [6.07, 6.45) is 9.51. The Bertz CT molecular complexity index is 1450. The van der Waals surface area contributed by atoms with Gasteiger partial charge in [-0.1, -0.05) is 0 Å². The summed E-state index contributed by atoms with van der Waals surface area (Å²) in [5.41, 5.74) is 1.04. The predicted molar refractivity (Wildman–Crippen MR) is 135 cm³/mol. The van der Waals surface area contributed by atoms with E-state index >= 15 is 0 Å². The Morgan fingerprint density at radius 3 is 2.56 bits per heavy atom. The van der Waals surface area contributed by atoms with Gasteiger partial charge in [-0.05, 0) is 69.1 Å². The molecule has 2 aromatic heterocycles. The summed E-state index contributed by atoms with van der Waals surface area (Å²) in [6, 6.07) is 7.21. The highest BCUT2D eigenvalue weighted by atomic mass is 32.2. The number of carbonyl (C=O) groups excluding carboxylic acids is 1. The van der Waals surface area contributed by atoms with Crippen molar-refractivity contribution in [2.75, 3.05) is 18.2 Å². The molecule has 2 aliphatic rings. The Balaban J connectivity index is 1.32. The fourth-order valence-electron chi connectivity index (χ4n) is 5.05. The summed E-state index contributed by atoms with van der Waals surface area (Å²) in [5, 5.41) is 8.24. The van der Waals surface area contributed by atoms with Gasteiger partial charge < -0.3 is 14.6 Å². The maximum Gasteiger partial charge on any atom is 0.274 e. The van der Waals surface area contributed by atoms with E-state index < -0.39 is 16.0 Å². The van der Waals surface area contributed by atoms with Crippen molar-refractivity contribution in [1.29, 1.82) is 0 Å². The Morgan fingerprint density at radius 1 is 1.17 bits per heavy atom. The highest BCUT2D eigenvalue weighted by Crippen LogP contribution is 2.36. The molecule has 1 aromatic carbocycles. The molecular formula is C25H30N4O6S. The summed E-state index contributed by atoms with van der Waals surface area (Å²) in [7, 11) is -2.44. The predicted octanol–water partition coefficient (Wildman–Crippen LogP) is 3.80. The number of ether oxygens (including phenoxy) is 1. The molecule has 3 aromatic rings. The normalized spacial score (nSPS) is 20.4. The highest BCUT2D eigenvalue weighted by Gasteiger charge is 2.27. The van der Waals surface area contributed by atoms with Crippen molar-refractivity contribution in [3.05, 3.63) is 52.6 Å². The van der Waals surface area contributed by atoms with Gasteiger partial charge in [0.1, 0.15) is 11.4 Å². The minimum atomic E-state index is -3.93. The fourth-order valence-corrected chi connectivity index (χ4v) is 5.68. The Labute approximate surface area is 209 Å². The van der Waals surface area contributed by atoms with E-state index in [0.29, 0.717) is 23.3 Å². The number of methoxy groups -OCH3 is 1. The van der Waals surface area contributed by atoms with Crippen molar-refractivity contribution in [3.8, 4) is 5.75 Å². The van der Waals surface area contributed by atoms with Crippen molar-refractivity contribution in [3.63, 3.8) is 0 Å². The van der Waals surface area contributed by atoms with Crippen LogP contribution in [0.25, 0.3) is 10.9 Å². The lowest BCUT2D eigenvalue weighted by molar-refractivity contribution is 0.102. The summed E-state index contributed by atoms with van der Waals surface area (Å²) < 4.78 is 40.1. The number of hydrogen-bond donors (Lipinski definition) is 2. The van der Waals surface area contributed by atoms with Gasteiger partial charge in [0.15, 0.2) is 0 Å². The molecule has 0 bridgehead atoms. The first kappa shape index (κ1) is 24.5. The molecule has 36 heavy (non-hydrogen) atoms. The molecule has 2 saturated carbocycles. The second kappa shape index (κ2) is 9.70. The lowest BCUT2D eigenvalue weighted by Crippen LogP contribution is -2.25. The molecule has 192 valence electrons. The standard InChI is InChI=1S/C25H30N4O6S/c1-35-23-14-22-17(15-29(27-22)19-6-4-16(5-7-19)10-12-36(32,33)34)13-20(23)24(30)26-21-3-2-11-28(25(21)31)18-8-9-18/h2-3,11,13-16,18-19H,4-10,12H2,1H3,(H,26,30)(H,32,33,34). The minimum Gasteiger partial charge on any atom is -0.496 e. The van der Waals surface area contributed by atoms with Crippen molar-refractivity contribution >= 4 is 32.6 Å². The van der Waals surface area contributed by atoms with Crippen LogP contribution in [-0.2, 0) is 10.1 Å². The molecule has 2 aliphatic carbocycles. The molecule has 2 fully saturated rings. The summed E-state index contributed by atoms with van der Waals surface area (Å²) in [5.74, 6) is 0.0193. The van der Waals surface area contributed by atoms with Crippen molar-refractivity contribution < 1.29 is 22.5 Å². The zero-order valence-electron chi connectivity index (χ0n) is 20.1. The maximum absolute atomic E-state index is 13.1. The number of anilines is 1. The third-order valence-corrected chi connectivity index (χ3v) is 7.98. The first-order valence-electron chi connectivity index (χ1n) is 12.3. The van der Waals surface area contributed by atoms with Gasteiger partial charge in [-0.3, -0.25) is 18.8 Å². The molecule has 0 saturated heterocycles. The number of carbonyl (C=O) groups is 1. The van der Waals surface area contributed by atoms with Crippen LogP contribution in [0.5, 0.6) is 5.75 Å². The Hall–Kier alpha value is -3.18. The number of nitrogens with zero attached hydrogens (tertiary/aromatic N) is 3. The second-order valence-electron chi connectivity index (χ2n) is 9.79. The number of fused-ring (bicyclic) bond motifs is 1. The SMILES string of the molecule is COc1cc2nn(C3CCC(CCS(=O)(=O)O)CC3)cc2cc1C(=O)Nc1cccn(C2CC2)c1=O. The smallest absolute Gasteiger partial charge is 0.274 e. The molecule has 0 unspecified atom stereocenters. The third-order valence-electron chi connectivity index (χ3n) is 7.23. The van der Waals surface area contributed by atoms with Crippen LogP contribution in [0.2, 0.25) is 0 Å². The number of pyridine rings is 1. The van der Waals surface area contributed by atoms with E-state index in [1.165, 1.54) is 7.11 Å². The van der Waals surface area contributed by atoms with Crippen LogP contribution < -0.4 is 15.6 Å². The summed E-state index contributed by atoms with van der Waals surface area (Å²) in [6.45, 7) is 0. The first-order valence-corrected chi connectivity index (χ1v) is 13.9. The van der Waals surface area contributed by atoms with Crippen molar-refractivity contribution in [2.24, 2.45) is 5.92 Å². The van der Waals surface area contributed by atoms with Gasteiger partial charge in [0.05, 0.1) is 30.0 Å². The van der Waals surface area contributed by atoms with Gasteiger partial charge >= 0.3 is 0 Å². The van der Waals surface area contributed by atoms with Crippen molar-refractivity contribution in [1.82, 2.24) is 14.3 Å². The molecule has 1 amide bonds. The monoisotopic (exact) mass is 514 g/mol. The van der Waals surface area contributed by atoms with Crippen LogP contribution in [0.4, 0.5) is 5.69 Å². The van der Waals surface area contributed by atoms with Gasteiger partial charge in [-0.2, -0.15) is 13.5 Å². The van der Waals surface area contributed by atoms with E-state index in [1.54, 1.807) is 35.0 Å². The number of amides is 1. The average molecular weight is 515 g/mol. The van der Waals surface area contributed by atoms with E-state index in [9.17, 15) is 18.0 Å². The largest absolute Gasteiger partial charge is 0.496 e. The minimum absolute atomic E-state index is 0.174. The fraction of sp³-hybridized carbons (Fsp3) is 0.480. The van der Waals surface area contributed by atoms with Gasteiger partial charge in [-0.15, -0.1) is 0 Å². The number of hydrogen-bond acceptors (Lipinski definition) is 6. The van der Waals surface area contributed by atoms with E-state index in [1.807, 2.05) is 10.9 Å². The second-order valence-corrected chi connectivity index (χ2v) is 11.4. The lowest BCUT2D eigenvalue weighted by Gasteiger charge is -2.28. The molecular weight excluding hydrogens is 484 g/mol. The lowest BCUT2D eigenvalue weighted by atomic mass is 9.84. The summed E-state index contributed by atoms with van der Waals surface area (Å²) in [4.78, 5) is 25.9. The van der Waals surface area contributed by atoms with Gasteiger partial charge in [0.25, 0.3) is 21.6 Å². The van der Waals surface area contributed by atoms with E-state index in [0.717, 1.165) is 43.9 Å². The maximum atomic E-state index is 13.1. The Morgan fingerprint density at radius 2 is 1.89 bits per heavy atom. The molecule has 2 heterocycles. The first-order chi connectivity index (χ1) is 17.2. The molecule has 10 nitrogen and oxygen atoms in total. The average Bonchev–Trinajstić information content (AvgIpc) is 3.61. The number of rotatable bonds is 8. The molecule has 0 aliphatic heterocycles. The molecule has 0 radical (unpaired) electrons. The summed E-state index contributed by atoms with van der Waals surface area (Å²) >= 11 is 0. The number of nitrogens with one attached hydrogen (secondary N) is 1. The van der Waals surface area contributed by atoms with E-state index in [4.69, 9.17) is 14.4 Å². The molecule has 2 N–H and O–H groups in total.